The van der Waals surface area contributed by atoms with Crippen LogP contribution in [0.25, 0.3) is 0 Å². The molecule has 0 aromatic carbocycles. The van der Waals surface area contributed by atoms with Crippen molar-refractivity contribution in [1.82, 2.24) is 20.5 Å². The number of nitrogens with one attached hydrogen (secondary N) is 2. The van der Waals surface area contributed by atoms with Crippen LogP contribution in [0.2, 0.25) is 0 Å². The highest BCUT2D eigenvalue weighted by atomic mass is 16.3. The number of likely N-dealkylation sites (tertiary alicyclic amines) is 1. The number of carbonyl (C=O) groups excluding carboxylic acids is 2. The van der Waals surface area contributed by atoms with Crippen molar-refractivity contribution in [3.8, 4) is 0 Å². The van der Waals surface area contributed by atoms with Gasteiger partial charge in [0.2, 0.25) is 5.91 Å². The van der Waals surface area contributed by atoms with Crippen LogP contribution < -0.4 is 10.6 Å². The average Bonchev–Trinajstić information content (AvgIpc) is 3.50. The molecule has 2 amide bonds. The number of aromatic nitrogens is 1. The molecule has 0 spiro atoms. The van der Waals surface area contributed by atoms with Gasteiger partial charge in [-0.1, -0.05) is 0 Å². The second-order valence-corrected chi connectivity index (χ2v) is 9.70. The Labute approximate surface area is 185 Å². The number of nitrogens with zero attached hydrogens (tertiary/aromatic N) is 2. The summed E-state index contributed by atoms with van der Waals surface area (Å²) in [6, 6.07) is 2.58. The molecule has 2 atom stereocenters. The SMILES string of the molecule is Cc1ccncc1C(=O)NC[C@@H]1CC[C@H](CC(=O)NC2CCC(O)CC2)N1CC1CC1. The normalized spacial score (nSPS) is 29.0. The fraction of sp³-hybridized carbons (Fsp3) is 0.708. The monoisotopic (exact) mass is 428 g/mol. The fourth-order valence-electron chi connectivity index (χ4n) is 5.08. The molecule has 3 N–H and O–H groups in total. The molecule has 3 fully saturated rings. The summed E-state index contributed by atoms with van der Waals surface area (Å²) >= 11 is 0. The second kappa shape index (κ2) is 10.1. The molecule has 7 nitrogen and oxygen atoms in total. The predicted molar refractivity (Wildman–Crippen MR) is 119 cm³/mol. The average molecular weight is 429 g/mol. The smallest absolute Gasteiger partial charge is 0.253 e. The summed E-state index contributed by atoms with van der Waals surface area (Å²) in [4.78, 5) is 31.9. The summed E-state index contributed by atoms with van der Waals surface area (Å²) < 4.78 is 0. The van der Waals surface area contributed by atoms with E-state index in [2.05, 4.69) is 20.5 Å². The van der Waals surface area contributed by atoms with Crippen LogP contribution in [-0.2, 0) is 4.79 Å². The number of amides is 2. The van der Waals surface area contributed by atoms with Crippen molar-refractivity contribution in [1.29, 1.82) is 0 Å². The van der Waals surface area contributed by atoms with Crippen LogP contribution in [0.5, 0.6) is 0 Å². The van der Waals surface area contributed by atoms with Gasteiger partial charge in [0.05, 0.1) is 11.7 Å². The molecular weight excluding hydrogens is 392 g/mol. The number of pyridine rings is 1. The molecule has 0 bridgehead atoms. The Kier molecular flexibility index (Phi) is 7.23. The number of hydrogen-bond donors (Lipinski definition) is 3. The summed E-state index contributed by atoms with van der Waals surface area (Å²) in [6.07, 6.45) is 11.5. The molecule has 0 unspecified atom stereocenters. The molecular formula is C24H36N4O3. The van der Waals surface area contributed by atoms with Gasteiger partial charge in [0.1, 0.15) is 0 Å². The van der Waals surface area contributed by atoms with Gasteiger partial charge in [0, 0.05) is 50.0 Å². The zero-order chi connectivity index (χ0) is 21.8. The Morgan fingerprint density at radius 1 is 1.10 bits per heavy atom. The molecule has 170 valence electrons. The van der Waals surface area contributed by atoms with E-state index in [4.69, 9.17) is 0 Å². The van der Waals surface area contributed by atoms with Crippen molar-refractivity contribution in [2.24, 2.45) is 5.92 Å². The molecule has 2 heterocycles. The van der Waals surface area contributed by atoms with Gasteiger partial charge in [-0.25, -0.2) is 0 Å². The van der Waals surface area contributed by atoms with E-state index in [1.807, 2.05) is 13.0 Å². The van der Waals surface area contributed by atoms with Crippen molar-refractivity contribution in [3.05, 3.63) is 29.6 Å². The van der Waals surface area contributed by atoms with Gasteiger partial charge in [-0.05, 0) is 75.8 Å². The molecule has 2 saturated carbocycles. The first-order chi connectivity index (χ1) is 15.0. The van der Waals surface area contributed by atoms with E-state index < -0.39 is 0 Å². The highest BCUT2D eigenvalue weighted by molar-refractivity contribution is 5.95. The lowest BCUT2D eigenvalue weighted by molar-refractivity contribution is -0.123. The van der Waals surface area contributed by atoms with Crippen molar-refractivity contribution in [2.45, 2.75) is 88.9 Å². The molecule has 31 heavy (non-hydrogen) atoms. The third-order valence-corrected chi connectivity index (χ3v) is 7.20. The van der Waals surface area contributed by atoms with Crippen molar-refractivity contribution in [3.63, 3.8) is 0 Å². The Morgan fingerprint density at radius 2 is 1.84 bits per heavy atom. The molecule has 0 radical (unpaired) electrons. The lowest BCUT2D eigenvalue weighted by atomic mass is 9.93. The van der Waals surface area contributed by atoms with E-state index in [0.29, 0.717) is 18.5 Å². The maximum Gasteiger partial charge on any atom is 0.253 e. The van der Waals surface area contributed by atoms with Gasteiger partial charge in [-0.3, -0.25) is 19.5 Å². The highest BCUT2D eigenvalue weighted by Crippen LogP contribution is 2.35. The molecule has 1 saturated heterocycles. The maximum atomic E-state index is 12.7. The molecule has 2 aliphatic carbocycles. The number of rotatable bonds is 8. The molecule has 1 aliphatic heterocycles. The summed E-state index contributed by atoms with van der Waals surface area (Å²) in [7, 11) is 0. The summed E-state index contributed by atoms with van der Waals surface area (Å²) in [5, 5.41) is 16.0. The maximum absolute atomic E-state index is 12.7. The molecule has 7 heteroatoms. The molecule has 4 rings (SSSR count). The first-order valence-electron chi connectivity index (χ1n) is 11.9. The van der Waals surface area contributed by atoms with E-state index >= 15 is 0 Å². The third-order valence-electron chi connectivity index (χ3n) is 7.20. The van der Waals surface area contributed by atoms with Gasteiger partial charge in [-0.2, -0.15) is 0 Å². The largest absolute Gasteiger partial charge is 0.393 e. The van der Waals surface area contributed by atoms with Crippen LogP contribution in [0.15, 0.2) is 18.5 Å². The van der Waals surface area contributed by atoms with Gasteiger partial charge in [0.25, 0.3) is 5.91 Å². The number of hydrogen-bond acceptors (Lipinski definition) is 5. The van der Waals surface area contributed by atoms with Gasteiger partial charge >= 0.3 is 0 Å². The van der Waals surface area contributed by atoms with E-state index in [1.165, 1.54) is 12.8 Å². The quantitative estimate of drug-likeness (QED) is 0.590. The van der Waals surface area contributed by atoms with E-state index in [9.17, 15) is 14.7 Å². The van der Waals surface area contributed by atoms with Crippen LogP contribution in [0, 0.1) is 12.8 Å². The predicted octanol–water partition coefficient (Wildman–Crippen LogP) is 2.17. The third kappa shape index (κ3) is 6.04. The summed E-state index contributed by atoms with van der Waals surface area (Å²) in [5.41, 5.74) is 1.56. The summed E-state index contributed by atoms with van der Waals surface area (Å²) in [5.74, 6) is 0.794. The van der Waals surface area contributed by atoms with Crippen LogP contribution in [0.1, 0.15) is 73.7 Å². The molecule has 1 aromatic heterocycles. The minimum atomic E-state index is -0.205. The Morgan fingerprint density at radius 3 is 2.55 bits per heavy atom. The van der Waals surface area contributed by atoms with Crippen molar-refractivity contribution in [2.75, 3.05) is 13.1 Å². The summed E-state index contributed by atoms with van der Waals surface area (Å²) in [6.45, 7) is 3.56. The fourth-order valence-corrected chi connectivity index (χ4v) is 5.08. The van der Waals surface area contributed by atoms with Gasteiger partial charge in [0.15, 0.2) is 0 Å². The molecule has 1 aromatic rings. The zero-order valence-electron chi connectivity index (χ0n) is 18.6. The number of aliphatic hydroxyl groups excluding tert-OH is 1. The first kappa shape index (κ1) is 22.2. The van der Waals surface area contributed by atoms with Crippen molar-refractivity contribution >= 4 is 11.8 Å². The lowest BCUT2D eigenvalue weighted by Crippen LogP contribution is -2.46. The second-order valence-electron chi connectivity index (χ2n) is 9.70. The van der Waals surface area contributed by atoms with E-state index in [0.717, 1.165) is 56.6 Å². The number of carbonyl (C=O) groups is 2. The number of aliphatic hydroxyl groups is 1. The Hall–Kier alpha value is -1.99. The highest BCUT2D eigenvalue weighted by Gasteiger charge is 2.38. The van der Waals surface area contributed by atoms with Gasteiger partial charge < -0.3 is 15.7 Å². The van der Waals surface area contributed by atoms with Crippen LogP contribution in [0.4, 0.5) is 0 Å². The molecule has 3 aliphatic rings. The minimum Gasteiger partial charge on any atom is -0.393 e. The standard InChI is InChI=1S/C24H36N4O3/c1-16-10-11-25-14-22(16)24(31)26-13-20-7-6-19(28(20)15-17-2-3-17)12-23(30)27-18-4-8-21(29)9-5-18/h10-11,14,17-21,29H,2-9,12-13,15H2,1H3,(H,26,31)(H,27,30)/t18?,19-,20+,21?/m1/s1. The topological polar surface area (TPSA) is 94.6 Å². The lowest BCUT2D eigenvalue weighted by Gasteiger charge is -2.31. The Balaban J connectivity index is 1.30. The van der Waals surface area contributed by atoms with Crippen LogP contribution in [-0.4, -0.2) is 64.1 Å². The minimum absolute atomic E-state index is 0.0716. The van der Waals surface area contributed by atoms with E-state index in [-0.39, 0.29) is 36.0 Å². The van der Waals surface area contributed by atoms with Crippen LogP contribution in [0.3, 0.4) is 0 Å². The first-order valence-corrected chi connectivity index (χ1v) is 11.9. The van der Waals surface area contributed by atoms with Gasteiger partial charge in [-0.15, -0.1) is 0 Å². The number of aryl methyl sites for hydroxylation is 1. The van der Waals surface area contributed by atoms with Crippen LogP contribution >= 0.6 is 0 Å². The van der Waals surface area contributed by atoms with E-state index in [1.54, 1.807) is 12.4 Å². The Bertz CT molecular complexity index is 774. The van der Waals surface area contributed by atoms with Crippen molar-refractivity contribution < 1.29 is 14.7 Å². The zero-order valence-corrected chi connectivity index (χ0v) is 18.6.